The number of pyridine rings is 1. The molecule has 5 heterocycles. The van der Waals surface area contributed by atoms with E-state index in [1.165, 1.54) is 6.33 Å². The Morgan fingerprint density at radius 3 is 2.64 bits per heavy atom. The van der Waals surface area contributed by atoms with Crippen molar-refractivity contribution in [3.63, 3.8) is 0 Å². The number of hydrogen-bond donors (Lipinski definition) is 2. The van der Waals surface area contributed by atoms with E-state index in [0.717, 1.165) is 34.0 Å². The highest BCUT2D eigenvalue weighted by molar-refractivity contribution is 9.10. The highest BCUT2D eigenvalue weighted by atomic mass is 79.9. The molecule has 0 unspecified atom stereocenters. The molecule has 1 aliphatic heterocycles. The van der Waals surface area contributed by atoms with E-state index in [-0.39, 0.29) is 29.8 Å². The van der Waals surface area contributed by atoms with E-state index in [9.17, 15) is 9.59 Å². The Bertz CT molecular complexity index is 1920. The fourth-order valence-corrected chi connectivity index (χ4v) is 6.76. The molecule has 0 spiro atoms. The second-order valence-corrected chi connectivity index (χ2v) is 12.3. The zero-order valence-electron chi connectivity index (χ0n) is 23.3. The summed E-state index contributed by atoms with van der Waals surface area (Å²) >= 11 is 3.34. The molecule has 3 atom stereocenters. The molecule has 1 saturated heterocycles. The minimum atomic E-state index is -0.593. The SMILES string of the molecule is Cc1ncc(-c2cc(C)c3c(c2)c2c(N)ncnc2n3CC(=O)N2[C@H](C(=O)Nc3cccc(Br)n3)C[C@@]3(C)C[C@@H]23)cn1. The summed E-state index contributed by atoms with van der Waals surface area (Å²) in [5, 5.41) is 4.43. The van der Waals surface area contributed by atoms with Crippen molar-refractivity contribution in [2.24, 2.45) is 5.41 Å². The molecule has 7 rings (SSSR count). The Hall–Kier alpha value is -4.45. The van der Waals surface area contributed by atoms with Crippen LogP contribution in [-0.2, 0) is 16.1 Å². The van der Waals surface area contributed by atoms with Gasteiger partial charge in [-0.1, -0.05) is 13.0 Å². The number of aromatic nitrogens is 6. The first kappa shape index (κ1) is 26.4. The molecule has 2 aliphatic rings. The number of anilines is 2. The van der Waals surface area contributed by atoms with Crippen LogP contribution in [0.2, 0.25) is 0 Å². The molecule has 42 heavy (non-hydrogen) atoms. The number of halogens is 1. The van der Waals surface area contributed by atoms with Crippen molar-refractivity contribution in [1.82, 2.24) is 34.4 Å². The maximum Gasteiger partial charge on any atom is 0.248 e. The molecule has 0 bridgehead atoms. The number of nitrogens with zero attached hydrogens (tertiary/aromatic N) is 7. The molecule has 2 fully saturated rings. The third-order valence-corrected chi connectivity index (χ3v) is 8.99. The van der Waals surface area contributed by atoms with Crippen LogP contribution in [0, 0.1) is 19.3 Å². The van der Waals surface area contributed by atoms with Crippen LogP contribution >= 0.6 is 15.9 Å². The van der Waals surface area contributed by atoms with Gasteiger partial charge in [0.1, 0.15) is 46.6 Å². The lowest BCUT2D eigenvalue weighted by molar-refractivity contribution is -0.138. The molecule has 1 aliphatic carbocycles. The van der Waals surface area contributed by atoms with E-state index >= 15 is 0 Å². The van der Waals surface area contributed by atoms with Crippen LogP contribution in [-0.4, -0.2) is 58.3 Å². The van der Waals surface area contributed by atoms with Gasteiger partial charge in [0.25, 0.3) is 0 Å². The van der Waals surface area contributed by atoms with Crippen LogP contribution in [0.25, 0.3) is 33.1 Å². The lowest BCUT2D eigenvalue weighted by Crippen LogP contribution is -2.46. The first-order valence-electron chi connectivity index (χ1n) is 13.7. The Labute approximate surface area is 249 Å². The van der Waals surface area contributed by atoms with Crippen molar-refractivity contribution in [3.8, 4) is 11.1 Å². The van der Waals surface area contributed by atoms with Gasteiger partial charge in [-0.15, -0.1) is 0 Å². The van der Waals surface area contributed by atoms with Gasteiger partial charge in [0.2, 0.25) is 11.8 Å². The van der Waals surface area contributed by atoms with Crippen LogP contribution < -0.4 is 11.1 Å². The zero-order chi connectivity index (χ0) is 29.3. The van der Waals surface area contributed by atoms with E-state index in [1.807, 2.05) is 24.5 Å². The van der Waals surface area contributed by atoms with Crippen LogP contribution in [0.1, 0.15) is 31.2 Å². The third kappa shape index (κ3) is 4.28. The normalized spacial score (nSPS) is 21.1. The van der Waals surface area contributed by atoms with Crippen molar-refractivity contribution in [2.45, 2.75) is 52.2 Å². The highest BCUT2D eigenvalue weighted by Crippen LogP contribution is 2.59. The summed E-state index contributed by atoms with van der Waals surface area (Å²) in [6.45, 7) is 5.99. The van der Waals surface area contributed by atoms with Crippen molar-refractivity contribution in [3.05, 3.63) is 65.0 Å². The smallest absolute Gasteiger partial charge is 0.248 e. The number of likely N-dealkylation sites (tertiary alicyclic amines) is 1. The summed E-state index contributed by atoms with van der Waals surface area (Å²) < 4.78 is 2.52. The topological polar surface area (TPSA) is 145 Å². The minimum absolute atomic E-state index is 0.00970. The van der Waals surface area contributed by atoms with Crippen molar-refractivity contribution < 1.29 is 9.59 Å². The second-order valence-electron chi connectivity index (χ2n) is 11.5. The predicted molar refractivity (Wildman–Crippen MR) is 162 cm³/mol. The van der Waals surface area contributed by atoms with Gasteiger partial charge in [0.15, 0.2) is 0 Å². The molecule has 12 heteroatoms. The monoisotopic (exact) mass is 625 g/mol. The Morgan fingerprint density at radius 1 is 1.10 bits per heavy atom. The number of nitrogen functional groups attached to an aromatic ring is 1. The van der Waals surface area contributed by atoms with E-state index < -0.39 is 6.04 Å². The number of piperidine rings is 1. The highest BCUT2D eigenvalue weighted by Gasteiger charge is 2.64. The van der Waals surface area contributed by atoms with Crippen molar-refractivity contribution in [2.75, 3.05) is 11.1 Å². The largest absolute Gasteiger partial charge is 0.383 e. The van der Waals surface area contributed by atoms with E-state index in [1.54, 1.807) is 35.5 Å². The lowest BCUT2D eigenvalue weighted by Gasteiger charge is -2.27. The molecule has 3 N–H and O–H groups in total. The lowest BCUT2D eigenvalue weighted by atomic mass is 10.0. The number of carbonyl (C=O) groups is 2. The molecular weight excluding hydrogens is 598 g/mol. The number of carbonyl (C=O) groups excluding carboxylic acids is 2. The summed E-state index contributed by atoms with van der Waals surface area (Å²) in [6.07, 6.45) is 6.48. The van der Waals surface area contributed by atoms with Gasteiger partial charge in [0.05, 0.1) is 10.9 Å². The third-order valence-electron chi connectivity index (χ3n) is 8.55. The summed E-state index contributed by atoms with van der Waals surface area (Å²) in [5.74, 6) is 1.08. The van der Waals surface area contributed by atoms with Gasteiger partial charge < -0.3 is 20.5 Å². The van der Waals surface area contributed by atoms with Crippen LogP contribution in [0.15, 0.2) is 53.7 Å². The van der Waals surface area contributed by atoms with Crippen molar-refractivity contribution >= 4 is 61.3 Å². The molecule has 0 radical (unpaired) electrons. The molecule has 212 valence electrons. The van der Waals surface area contributed by atoms with Crippen molar-refractivity contribution in [1.29, 1.82) is 0 Å². The quantitative estimate of drug-likeness (QED) is 0.273. The maximum absolute atomic E-state index is 14.1. The Balaban J connectivity index is 1.27. The first-order chi connectivity index (χ1) is 20.1. The standard InChI is InChI=1S/C30H28BrN9O2/c1-15-7-17(18-11-33-16(2)34-12-18)8-19-25-27(32)35-14-36-28(25)39(26(15)19)13-24(41)40-20(9-30(3)10-21(30)40)29(42)38-23-6-4-5-22(31)37-23/h4-8,11-12,14,20-21H,9-10,13H2,1-3H3,(H2,32,35,36)(H,37,38,42)/t20-,21+,30-/m0/s1. The predicted octanol–water partition coefficient (Wildman–Crippen LogP) is 4.42. The Kier molecular flexibility index (Phi) is 6.01. The van der Waals surface area contributed by atoms with Crippen LogP contribution in [0.4, 0.5) is 11.6 Å². The first-order valence-corrected chi connectivity index (χ1v) is 14.5. The van der Waals surface area contributed by atoms with Gasteiger partial charge in [-0.25, -0.2) is 24.9 Å². The molecular formula is C30H28BrN9O2. The van der Waals surface area contributed by atoms with E-state index in [4.69, 9.17) is 5.73 Å². The fourth-order valence-electron chi connectivity index (χ4n) is 6.41. The van der Waals surface area contributed by atoms with Crippen LogP contribution in [0.5, 0.6) is 0 Å². The van der Waals surface area contributed by atoms with E-state index in [2.05, 4.69) is 59.2 Å². The molecule has 1 saturated carbocycles. The second kappa shape index (κ2) is 9.55. The minimum Gasteiger partial charge on any atom is -0.383 e. The number of amides is 2. The van der Waals surface area contributed by atoms with Gasteiger partial charge in [-0.05, 0) is 83.4 Å². The zero-order valence-corrected chi connectivity index (χ0v) is 24.9. The van der Waals surface area contributed by atoms with Gasteiger partial charge in [0, 0.05) is 29.4 Å². The maximum atomic E-state index is 14.1. The number of fused-ring (bicyclic) bond motifs is 4. The van der Waals surface area contributed by atoms with Gasteiger partial charge in [-0.3, -0.25) is 9.59 Å². The molecule has 4 aromatic heterocycles. The number of nitrogens with one attached hydrogen (secondary N) is 1. The van der Waals surface area contributed by atoms with Crippen LogP contribution in [0.3, 0.4) is 0 Å². The summed E-state index contributed by atoms with van der Waals surface area (Å²) in [4.78, 5) is 51.2. The van der Waals surface area contributed by atoms with E-state index in [0.29, 0.717) is 39.5 Å². The average Bonchev–Trinajstić information content (AvgIpc) is 3.35. The summed E-state index contributed by atoms with van der Waals surface area (Å²) in [6, 6.07) is 8.82. The number of aryl methyl sites for hydroxylation is 2. The van der Waals surface area contributed by atoms with Gasteiger partial charge >= 0.3 is 0 Å². The summed E-state index contributed by atoms with van der Waals surface area (Å²) in [5.41, 5.74) is 10.5. The summed E-state index contributed by atoms with van der Waals surface area (Å²) in [7, 11) is 0. The molecule has 5 aromatic rings. The Morgan fingerprint density at radius 2 is 1.88 bits per heavy atom. The molecule has 2 amide bonds. The number of rotatable bonds is 5. The molecule has 1 aromatic carbocycles. The molecule has 11 nitrogen and oxygen atoms in total. The van der Waals surface area contributed by atoms with Gasteiger partial charge in [-0.2, -0.15) is 0 Å². The number of benzene rings is 1. The average molecular weight is 627 g/mol. The number of nitrogens with two attached hydrogens (primary N) is 1. The number of hydrogen-bond acceptors (Lipinski definition) is 8. The fraction of sp³-hybridized carbons (Fsp3) is 0.300.